The Morgan fingerprint density at radius 3 is 2.67 bits per heavy atom. The van der Waals surface area contributed by atoms with Crippen molar-refractivity contribution in [2.45, 2.75) is 18.3 Å². The van der Waals surface area contributed by atoms with E-state index in [4.69, 9.17) is 5.73 Å². The molecule has 0 spiro atoms. The summed E-state index contributed by atoms with van der Waals surface area (Å²) in [7, 11) is 0. The number of nitrogens with one attached hydrogen (secondary N) is 1. The number of nitrogens with two attached hydrogens (primary N) is 1. The van der Waals surface area contributed by atoms with Crippen LogP contribution >= 0.6 is 11.6 Å². The number of aryl methyl sites for hydroxylation is 1. The van der Waals surface area contributed by atoms with Crippen LogP contribution in [0, 0.1) is 0 Å². The van der Waals surface area contributed by atoms with E-state index in [1.165, 1.54) is 0 Å². The van der Waals surface area contributed by atoms with Crippen LogP contribution in [0.5, 0.6) is 0 Å². The third-order valence-electron chi connectivity index (χ3n) is 1.67. The maximum Gasteiger partial charge on any atom is 0.328 e. The summed E-state index contributed by atoms with van der Waals surface area (Å²) in [5.74, 6) is 0. The Kier molecular flexibility index (Phi) is 3.13. The molecular weight excluding hydrogens is 232 g/mol. The summed E-state index contributed by atoms with van der Waals surface area (Å²) in [6.45, 7) is -0.323. The lowest BCUT2D eigenvalue weighted by atomic mass is 10.4. The van der Waals surface area contributed by atoms with E-state index < -0.39 is 23.1 Å². The fourth-order valence-electron chi connectivity index (χ4n) is 0.940. The van der Waals surface area contributed by atoms with Crippen molar-refractivity contribution in [1.29, 1.82) is 0 Å². The van der Waals surface area contributed by atoms with Crippen LogP contribution in [-0.4, -0.2) is 14.9 Å². The van der Waals surface area contributed by atoms with Gasteiger partial charge < -0.3 is 5.73 Å². The van der Waals surface area contributed by atoms with E-state index in [1.54, 1.807) is 0 Å². The van der Waals surface area contributed by atoms with Gasteiger partial charge in [-0.1, -0.05) is 0 Å². The number of aromatic nitrogens is 2. The van der Waals surface area contributed by atoms with Crippen molar-refractivity contribution < 1.29 is 8.78 Å². The first-order chi connectivity index (χ1) is 6.79. The molecule has 0 saturated heterocycles. The molecule has 15 heavy (non-hydrogen) atoms. The lowest BCUT2D eigenvalue weighted by molar-refractivity contribution is 0.0803. The van der Waals surface area contributed by atoms with Gasteiger partial charge in [0.25, 0.3) is 5.56 Å². The first-order valence-electron chi connectivity index (χ1n) is 3.95. The molecule has 8 heteroatoms. The van der Waals surface area contributed by atoms with Crippen LogP contribution < -0.4 is 17.0 Å². The van der Waals surface area contributed by atoms with E-state index in [9.17, 15) is 18.4 Å². The van der Waals surface area contributed by atoms with Crippen molar-refractivity contribution in [3.8, 4) is 0 Å². The Balaban J connectivity index is 2.92. The van der Waals surface area contributed by atoms with Gasteiger partial charge in [-0.15, -0.1) is 0 Å². The second-order valence-corrected chi connectivity index (χ2v) is 3.46. The Morgan fingerprint density at radius 2 is 2.13 bits per heavy atom. The van der Waals surface area contributed by atoms with Gasteiger partial charge in [0.15, 0.2) is 0 Å². The molecule has 3 N–H and O–H groups in total. The molecule has 0 atom stereocenters. The number of hydrogen-bond donors (Lipinski definition) is 2. The number of hydrogen-bond acceptors (Lipinski definition) is 3. The SMILES string of the molecule is Nc1cn(CCC(F)(F)Cl)c(=O)[nH]c1=O. The summed E-state index contributed by atoms with van der Waals surface area (Å²) in [6, 6.07) is 0. The van der Waals surface area contributed by atoms with Gasteiger partial charge in [-0.25, -0.2) is 4.79 Å². The van der Waals surface area contributed by atoms with Crippen LogP contribution in [0.3, 0.4) is 0 Å². The summed E-state index contributed by atoms with van der Waals surface area (Å²) in [5, 5.41) is -3.38. The average molecular weight is 240 g/mol. The van der Waals surface area contributed by atoms with E-state index in [0.717, 1.165) is 10.8 Å². The van der Waals surface area contributed by atoms with Crippen molar-refractivity contribution in [3.63, 3.8) is 0 Å². The van der Waals surface area contributed by atoms with Crippen LogP contribution in [0.1, 0.15) is 6.42 Å². The number of aromatic amines is 1. The highest BCUT2D eigenvalue weighted by atomic mass is 35.5. The van der Waals surface area contributed by atoms with Gasteiger partial charge in [-0.05, 0) is 11.6 Å². The van der Waals surface area contributed by atoms with Crippen molar-refractivity contribution in [2.24, 2.45) is 0 Å². The number of anilines is 1. The summed E-state index contributed by atoms with van der Waals surface area (Å²) in [6.07, 6.45) is 0.281. The molecule has 0 saturated carbocycles. The minimum atomic E-state index is -3.38. The molecule has 84 valence electrons. The molecule has 0 radical (unpaired) electrons. The molecule has 0 aliphatic carbocycles. The Labute approximate surface area is 87.5 Å². The molecule has 0 amide bonds. The van der Waals surface area contributed by atoms with E-state index in [-0.39, 0.29) is 12.2 Å². The van der Waals surface area contributed by atoms with Gasteiger partial charge in [0.05, 0.1) is 0 Å². The van der Waals surface area contributed by atoms with Crippen molar-refractivity contribution >= 4 is 17.3 Å². The molecule has 0 aliphatic rings. The predicted molar refractivity (Wildman–Crippen MR) is 51.2 cm³/mol. The summed E-state index contributed by atoms with van der Waals surface area (Å²) < 4.78 is 25.4. The highest BCUT2D eigenvalue weighted by Gasteiger charge is 2.24. The topological polar surface area (TPSA) is 80.9 Å². The van der Waals surface area contributed by atoms with Gasteiger partial charge in [-0.2, -0.15) is 8.78 Å². The molecule has 5 nitrogen and oxygen atoms in total. The van der Waals surface area contributed by atoms with Crippen molar-refractivity contribution in [3.05, 3.63) is 27.0 Å². The van der Waals surface area contributed by atoms with Crippen molar-refractivity contribution in [2.75, 3.05) is 5.73 Å². The van der Waals surface area contributed by atoms with Gasteiger partial charge >= 0.3 is 11.1 Å². The summed E-state index contributed by atoms with van der Waals surface area (Å²) >= 11 is 4.65. The highest BCUT2D eigenvalue weighted by Crippen LogP contribution is 2.23. The van der Waals surface area contributed by atoms with Gasteiger partial charge in [-0.3, -0.25) is 14.3 Å². The molecule has 0 unspecified atom stereocenters. The zero-order valence-electron chi connectivity index (χ0n) is 7.47. The molecule has 0 aliphatic heterocycles. The molecule has 1 aromatic rings. The maximum atomic E-state index is 12.3. The minimum Gasteiger partial charge on any atom is -0.393 e. The average Bonchev–Trinajstić information content (AvgIpc) is 2.07. The third-order valence-corrected chi connectivity index (χ3v) is 1.86. The smallest absolute Gasteiger partial charge is 0.328 e. The Bertz CT molecular complexity index is 463. The molecule has 0 fully saturated rings. The Hall–Kier alpha value is -1.37. The standard InChI is InChI=1S/C7H8ClF2N3O2/c8-7(9,10)1-2-13-3-4(11)5(14)12-6(13)15/h3H,1-2,11H2,(H,12,14,15). The number of halogens is 3. The van der Waals surface area contributed by atoms with E-state index in [1.807, 2.05) is 4.98 Å². The van der Waals surface area contributed by atoms with Crippen LogP contribution in [-0.2, 0) is 6.54 Å². The minimum absolute atomic E-state index is 0.215. The molecule has 1 heterocycles. The van der Waals surface area contributed by atoms with Gasteiger partial charge in [0.1, 0.15) is 5.69 Å². The Morgan fingerprint density at radius 1 is 1.53 bits per heavy atom. The van der Waals surface area contributed by atoms with E-state index in [0.29, 0.717) is 0 Å². The van der Waals surface area contributed by atoms with E-state index >= 15 is 0 Å². The summed E-state index contributed by atoms with van der Waals surface area (Å²) in [5.41, 5.74) is 3.45. The van der Waals surface area contributed by atoms with Crippen molar-refractivity contribution in [1.82, 2.24) is 9.55 Å². The largest absolute Gasteiger partial charge is 0.393 e. The molecule has 0 bridgehead atoms. The normalized spacial score (nSPS) is 11.7. The molecule has 0 aromatic carbocycles. The van der Waals surface area contributed by atoms with Crippen LogP contribution in [0.4, 0.5) is 14.5 Å². The summed E-state index contributed by atoms with van der Waals surface area (Å²) in [4.78, 5) is 23.8. The van der Waals surface area contributed by atoms with E-state index in [2.05, 4.69) is 11.6 Å². The highest BCUT2D eigenvalue weighted by molar-refractivity contribution is 6.21. The maximum absolute atomic E-state index is 12.3. The van der Waals surface area contributed by atoms with Gasteiger partial charge in [0, 0.05) is 19.2 Å². The number of nitrogen functional groups attached to an aromatic ring is 1. The predicted octanol–water partition coefficient (Wildman–Crippen LogP) is 0.341. The first kappa shape index (κ1) is 11.7. The fourth-order valence-corrected chi connectivity index (χ4v) is 1.02. The lowest BCUT2D eigenvalue weighted by Gasteiger charge is -2.09. The zero-order valence-corrected chi connectivity index (χ0v) is 8.22. The fraction of sp³-hybridized carbons (Fsp3) is 0.429. The number of nitrogens with zero attached hydrogens (tertiary/aromatic N) is 1. The first-order valence-corrected chi connectivity index (χ1v) is 4.33. The lowest BCUT2D eigenvalue weighted by Crippen LogP contribution is -2.32. The molecule has 1 aromatic heterocycles. The van der Waals surface area contributed by atoms with Crippen LogP contribution in [0.15, 0.2) is 15.8 Å². The number of H-pyrrole nitrogens is 1. The third kappa shape index (κ3) is 3.35. The number of rotatable bonds is 3. The van der Waals surface area contributed by atoms with Gasteiger partial charge in [0.2, 0.25) is 0 Å². The second kappa shape index (κ2) is 4.01. The van der Waals surface area contributed by atoms with Crippen LogP contribution in [0.2, 0.25) is 0 Å². The zero-order chi connectivity index (χ0) is 11.6. The molecule has 1 rings (SSSR count). The quantitative estimate of drug-likeness (QED) is 0.747. The monoisotopic (exact) mass is 239 g/mol. The molecular formula is C7H8ClF2N3O2. The second-order valence-electron chi connectivity index (χ2n) is 2.90. The van der Waals surface area contributed by atoms with Crippen LogP contribution in [0.25, 0.3) is 0 Å². The number of alkyl halides is 3.